The SMILES string of the molecule is O=C(N[C@@H](CCCCNC(=O)C12CC3CC(CC(C3)C1)C2)C(=O)O)OCC1c2ccccc2-c2ccccc21. The molecule has 7 heteroatoms. The third-order valence-corrected chi connectivity index (χ3v) is 9.66. The molecule has 2 aromatic carbocycles. The van der Waals surface area contributed by atoms with Gasteiger partial charge in [0.25, 0.3) is 0 Å². The van der Waals surface area contributed by atoms with Gasteiger partial charge in [0, 0.05) is 17.9 Å². The number of aliphatic carboxylic acids is 1. The van der Waals surface area contributed by atoms with E-state index in [2.05, 4.69) is 22.8 Å². The minimum absolute atomic E-state index is 0.0796. The van der Waals surface area contributed by atoms with E-state index in [4.69, 9.17) is 4.74 Å². The first kappa shape index (κ1) is 25.9. The number of carbonyl (C=O) groups is 3. The fourth-order valence-electron chi connectivity index (χ4n) is 8.29. The number of unbranched alkanes of at least 4 members (excludes halogenated alkanes) is 1. The predicted octanol–water partition coefficient (Wildman–Crippen LogP) is 5.48. The van der Waals surface area contributed by atoms with Gasteiger partial charge in [0.05, 0.1) is 0 Å². The summed E-state index contributed by atoms with van der Waals surface area (Å²) in [4.78, 5) is 37.5. The van der Waals surface area contributed by atoms with Gasteiger partial charge in [0.15, 0.2) is 0 Å². The fourth-order valence-corrected chi connectivity index (χ4v) is 8.29. The Kier molecular flexibility index (Phi) is 7.08. The molecule has 0 unspecified atom stereocenters. The third-order valence-electron chi connectivity index (χ3n) is 9.66. The van der Waals surface area contributed by atoms with Crippen LogP contribution in [-0.2, 0) is 14.3 Å². The first-order chi connectivity index (χ1) is 18.9. The zero-order chi connectivity index (χ0) is 27.0. The van der Waals surface area contributed by atoms with Crippen molar-refractivity contribution in [1.82, 2.24) is 10.6 Å². The number of hydrogen-bond donors (Lipinski definition) is 3. The molecule has 3 N–H and O–H groups in total. The first-order valence-electron chi connectivity index (χ1n) is 14.5. The number of alkyl carbamates (subject to hydrolysis) is 1. The van der Waals surface area contributed by atoms with Crippen LogP contribution < -0.4 is 10.6 Å². The molecule has 0 radical (unpaired) electrons. The Hall–Kier alpha value is -3.35. The second-order valence-electron chi connectivity index (χ2n) is 12.3. The molecule has 0 aromatic heterocycles. The van der Waals surface area contributed by atoms with Crippen molar-refractivity contribution in [2.24, 2.45) is 23.2 Å². The zero-order valence-electron chi connectivity index (χ0n) is 22.4. The zero-order valence-corrected chi connectivity index (χ0v) is 22.4. The van der Waals surface area contributed by atoms with Crippen LogP contribution in [-0.4, -0.2) is 42.3 Å². The summed E-state index contributed by atoms with van der Waals surface area (Å²) in [6.07, 6.45) is 7.85. The molecule has 4 saturated carbocycles. The van der Waals surface area contributed by atoms with Crippen LogP contribution in [0.15, 0.2) is 48.5 Å². The summed E-state index contributed by atoms with van der Waals surface area (Å²) in [5, 5.41) is 15.3. The molecule has 4 fully saturated rings. The lowest BCUT2D eigenvalue weighted by atomic mass is 9.49. The van der Waals surface area contributed by atoms with E-state index in [0.29, 0.717) is 19.4 Å². The number of fused-ring (bicyclic) bond motifs is 3. The van der Waals surface area contributed by atoms with Gasteiger partial charge in [0.1, 0.15) is 12.6 Å². The lowest BCUT2D eigenvalue weighted by Crippen LogP contribution is -2.53. The maximum absolute atomic E-state index is 13.1. The number of carboxylic acid groups (broad SMARTS) is 1. The average molecular weight is 531 g/mol. The Morgan fingerprint density at radius 2 is 1.44 bits per heavy atom. The van der Waals surface area contributed by atoms with Crippen molar-refractivity contribution < 1.29 is 24.2 Å². The van der Waals surface area contributed by atoms with Crippen LogP contribution in [0.4, 0.5) is 4.79 Å². The Balaban J connectivity index is 0.952. The van der Waals surface area contributed by atoms with Crippen LogP contribution in [0.3, 0.4) is 0 Å². The Morgan fingerprint density at radius 3 is 2.00 bits per heavy atom. The highest BCUT2D eigenvalue weighted by Gasteiger charge is 2.54. The van der Waals surface area contributed by atoms with Crippen molar-refractivity contribution in [3.63, 3.8) is 0 Å². The second kappa shape index (κ2) is 10.7. The van der Waals surface area contributed by atoms with Crippen LogP contribution in [0.2, 0.25) is 0 Å². The topological polar surface area (TPSA) is 105 Å². The van der Waals surface area contributed by atoms with Crippen LogP contribution in [0.5, 0.6) is 0 Å². The van der Waals surface area contributed by atoms with Gasteiger partial charge in [-0.25, -0.2) is 9.59 Å². The Morgan fingerprint density at radius 1 is 0.872 bits per heavy atom. The number of benzene rings is 2. The van der Waals surface area contributed by atoms with Crippen molar-refractivity contribution >= 4 is 18.0 Å². The van der Waals surface area contributed by atoms with E-state index in [9.17, 15) is 19.5 Å². The maximum atomic E-state index is 13.1. The van der Waals surface area contributed by atoms with Gasteiger partial charge in [-0.1, -0.05) is 48.5 Å². The van der Waals surface area contributed by atoms with E-state index < -0.39 is 18.1 Å². The van der Waals surface area contributed by atoms with Crippen LogP contribution in [0.25, 0.3) is 11.1 Å². The largest absolute Gasteiger partial charge is 0.480 e. The highest BCUT2D eigenvalue weighted by atomic mass is 16.5. The molecule has 2 amide bonds. The summed E-state index contributed by atoms with van der Waals surface area (Å²) in [6.45, 7) is 0.681. The maximum Gasteiger partial charge on any atom is 0.407 e. The normalized spacial score (nSPS) is 26.9. The predicted molar refractivity (Wildman–Crippen MR) is 147 cm³/mol. The summed E-state index contributed by atoms with van der Waals surface area (Å²) in [5.41, 5.74) is 4.33. The summed E-state index contributed by atoms with van der Waals surface area (Å²) in [7, 11) is 0. The number of amides is 2. The smallest absolute Gasteiger partial charge is 0.407 e. The van der Waals surface area contributed by atoms with E-state index in [1.807, 2.05) is 36.4 Å². The van der Waals surface area contributed by atoms with E-state index in [0.717, 1.165) is 59.3 Å². The van der Waals surface area contributed by atoms with E-state index in [-0.39, 0.29) is 30.3 Å². The molecule has 2 aromatic rings. The molecule has 39 heavy (non-hydrogen) atoms. The number of carboxylic acids is 1. The first-order valence-corrected chi connectivity index (χ1v) is 14.5. The van der Waals surface area contributed by atoms with Crippen molar-refractivity contribution in [3.8, 4) is 11.1 Å². The molecule has 5 aliphatic carbocycles. The number of ether oxygens (including phenoxy) is 1. The van der Waals surface area contributed by atoms with Gasteiger partial charge >= 0.3 is 12.1 Å². The van der Waals surface area contributed by atoms with E-state index in [1.54, 1.807) is 0 Å². The monoisotopic (exact) mass is 530 g/mol. The van der Waals surface area contributed by atoms with E-state index in [1.165, 1.54) is 19.3 Å². The van der Waals surface area contributed by atoms with Crippen LogP contribution in [0.1, 0.15) is 74.8 Å². The molecule has 1 atom stereocenters. The van der Waals surface area contributed by atoms with Crippen LogP contribution in [0, 0.1) is 23.2 Å². The van der Waals surface area contributed by atoms with Gasteiger partial charge in [-0.3, -0.25) is 4.79 Å². The molecule has 0 saturated heterocycles. The van der Waals surface area contributed by atoms with Crippen molar-refractivity contribution in [2.45, 2.75) is 69.7 Å². The standard InChI is InChI=1S/C32H38N2O5/c35-29(36)28(11-5-6-12-33-30(37)32-16-20-13-21(17-32)15-22(14-20)18-32)34-31(38)39-19-27-25-9-3-1-7-23(25)24-8-2-4-10-26(24)27/h1-4,7-10,20-22,27-28H,5-6,11-19H2,(H,33,37)(H,34,38)(H,35,36)/t20?,21?,22?,28-,32?/m0/s1. The Labute approximate surface area is 229 Å². The molecular formula is C32H38N2O5. The number of hydrogen-bond acceptors (Lipinski definition) is 4. The van der Waals surface area contributed by atoms with Crippen molar-refractivity contribution in [1.29, 1.82) is 0 Å². The number of carbonyl (C=O) groups excluding carboxylic acids is 2. The Bertz CT molecular complexity index is 1180. The van der Waals surface area contributed by atoms with Crippen molar-refractivity contribution in [3.05, 3.63) is 59.7 Å². The second-order valence-corrected chi connectivity index (χ2v) is 12.3. The molecular weight excluding hydrogens is 492 g/mol. The van der Waals surface area contributed by atoms with Gasteiger partial charge in [0.2, 0.25) is 5.91 Å². The molecule has 4 bridgehead atoms. The molecule has 0 aliphatic heterocycles. The average Bonchev–Trinajstić information content (AvgIpc) is 3.23. The van der Waals surface area contributed by atoms with Crippen molar-refractivity contribution in [2.75, 3.05) is 13.2 Å². The summed E-state index contributed by atoms with van der Waals surface area (Å²) in [6, 6.07) is 15.1. The molecule has 0 spiro atoms. The van der Waals surface area contributed by atoms with Gasteiger partial charge in [-0.05, 0) is 97.8 Å². The molecule has 0 heterocycles. The van der Waals surface area contributed by atoms with Gasteiger partial charge in [-0.2, -0.15) is 0 Å². The molecule has 5 aliphatic rings. The summed E-state index contributed by atoms with van der Waals surface area (Å²) in [5.74, 6) is 1.21. The van der Waals surface area contributed by atoms with Crippen LogP contribution >= 0.6 is 0 Å². The minimum Gasteiger partial charge on any atom is -0.480 e. The molecule has 7 nitrogen and oxygen atoms in total. The van der Waals surface area contributed by atoms with E-state index >= 15 is 0 Å². The molecule has 206 valence electrons. The fraction of sp³-hybridized carbons (Fsp3) is 0.531. The highest BCUT2D eigenvalue weighted by molar-refractivity contribution is 5.83. The number of rotatable bonds is 10. The minimum atomic E-state index is -1.08. The summed E-state index contributed by atoms with van der Waals surface area (Å²) >= 11 is 0. The third kappa shape index (κ3) is 5.15. The quantitative estimate of drug-likeness (QED) is 0.353. The van der Waals surface area contributed by atoms with Gasteiger partial charge < -0.3 is 20.5 Å². The summed E-state index contributed by atoms with van der Waals surface area (Å²) < 4.78 is 5.53. The lowest BCUT2D eigenvalue weighted by molar-refractivity contribution is -0.146. The van der Waals surface area contributed by atoms with Gasteiger partial charge in [-0.15, -0.1) is 0 Å². The number of nitrogens with one attached hydrogen (secondary N) is 2. The molecule has 7 rings (SSSR count). The lowest BCUT2D eigenvalue weighted by Gasteiger charge is -2.55. The highest BCUT2D eigenvalue weighted by Crippen LogP contribution is 2.60.